The van der Waals surface area contributed by atoms with Gasteiger partial charge in [0.25, 0.3) is 11.8 Å². The van der Waals surface area contributed by atoms with Crippen molar-refractivity contribution in [1.82, 2.24) is 5.32 Å². The number of ether oxygens (including phenoxy) is 2. The standard InChI is InChI=1S/C24H21BrN2O4/c1-30-21-9-5-3-7-18(21)23(28)27-20(15-16-11-13-17(25)14-12-16)24(29)26-19-8-4-6-10-22(19)31-2/h3-15H,1-2H3,(H,26,29)(H,27,28). The van der Waals surface area contributed by atoms with Gasteiger partial charge in [-0.2, -0.15) is 0 Å². The van der Waals surface area contributed by atoms with Gasteiger partial charge in [0, 0.05) is 4.47 Å². The first-order chi connectivity index (χ1) is 15.0. The van der Waals surface area contributed by atoms with Crippen LogP contribution in [0.15, 0.2) is 83.0 Å². The summed E-state index contributed by atoms with van der Waals surface area (Å²) in [5.74, 6) is -0.0327. The highest BCUT2D eigenvalue weighted by atomic mass is 79.9. The van der Waals surface area contributed by atoms with Crippen LogP contribution >= 0.6 is 15.9 Å². The van der Waals surface area contributed by atoms with Crippen LogP contribution in [0, 0.1) is 0 Å². The Kier molecular flexibility index (Phi) is 7.45. The fourth-order valence-corrected chi connectivity index (χ4v) is 3.11. The highest BCUT2D eigenvalue weighted by Gasteiger charge is 2.18. The molecule has 7 heteroatoms. The van der Waals surface area contributed by atoms with Gasteiger partial charge >= 0.3 is 0 Å². The third kappa shape index (κ3) is 5.73. The molecule has 0 bridgehead atoms. The summed E-state index contributed by atoms with van der Waals surface area (Å²) in [6.45, 7) is 0. The summed E-state index contributed by atoms with van der Waals surface area (Å²) < 4.78 is 11.5. The number of hydrogen-bond donors (Lipinski definition) is 2. The number of anilines is 1. The molecular weight excluding hydrogens is 460 g/mol. The molecule has 0 unspecified atom stereocenters. The first-order valence-corrected chi connectivity index (χ1v) is 10.2. The molecule has 3 rings (SSSR count). The van der Waals surface area contributed by atoms with E-state index in [1.165, 1.54) is 14.2 Å². The van der Waals surface area contributed by atoms with Gasteiger partial charge in [0.2, 0.25) is 0 Å². The number of halogens is 1. The lowest BCUT2D eigenvalue weighted by Gasteiger charge is -2.14. The Balaban J connectivity index is 1.93. The molecule has 6 nitrogen and oxygen atoms in total. The first kappa shape index (κ1) is 22.1. The lowest BCUT2D eigenvalue weighted by molar-refractivity contribution is -0.113. The van der Waals surface area contributed by atoms with E-state index in [9.17, 15) is 9.59 Å². The minimum absolute atomic E-state index is 0.0733. The van der Waals surface area contributed by atoms with Gasteiger partial charge in [-0.1, -0.05) is 52.3 Å². The SMILES string of the molecule is COc1ccccc1NC(=O)C(=Cc1ccc(Br)cc1)NC(=O)c1ccccc1OC. The van der Waals surface area contributed by atoms with Crippen molar-refractivity contribution in [2.24, 2.45) is 0 Å². The van der Waals surface area contributed by atoms with Gasteiger partial charge in [-0.3, -0.25) is 9.59 Å². The highest BCUT2D eigenvalue weighted by molar-refractivity contribution is 9.10. The number of nitrogens with one attached hydrogen (secondary N) is 2. The zero-order valence-electron chi connectivity index (χ0n) is 17.0. The Hall–Kier alpha value is -3.58. The first-order valence-electron chi connectivity index (χ1n) is 9.38. The molecule has 0 saturated heterocycles. The van der Waals surface area contributed by atoms with Gasteiger partial charge in [-0.05, 0) is 48.0 Å². The Labute approximate surface area is 189 Å². The fraction of sp³-hybridized carbons (Fsp3) is 0.0833. The molecule has 0 spiro atoms. The minimum atomic E-state index is -0.490. The van der Waals surface area contributed by atoms with E-state index in [1.54, 1.807) is 54.6 Å². The highest BCUT2D eigenvalue weighted by Crippen LogP contribution is 2.24. The van der Waals surface area contributed by atoms with Crippen LogP contribution in [0.2, 0.25) is 0 Å². The van der Waals surface area contributed by atoms with Crippen LogP contribution in [-0.2, 0) is 4.79 Å². The van der Waals surface area contributed by atoms with Crippen molar-refractivity contribution in [1.29, 1.82) is 0 Å². The van der Waals surface area contributed by atoms with Crippen LogP contribution in [-0.4, -0.2) is 26.0 Å². The van der Waals surface area contributed by atoms with E-state index in [-0.39, 0.29) is 5.70 Å². The molecule has 3 aromatic carbocycles. The van der Waals surface area contributed by atoms with Crippen LogP contribution in [0.5, 0.6) is 11.5 Å². The van der Waals surface area contributed by atoms with E-state index in [0.717, 1.165) is 10.0 Å². The third-order valence-corrected chi connectivity index (χ3v) is 4.91. The molecule has 0 atom stereocenters. The molecule has 0 aliphatic rings. The summed E-state index contributed by atoms with van der Waals surface area (Å²) in [5, 5.41) is 5.50. The second kappa shape index (κ2) is 10.4. The Morgan fingerprint density at radius 2 is 1.45 bits per heavy atom. The van der Waals surface area contributed by atoms with Gasteiger partial charge in [0.1, 0.15) is 17.2 Å². The van der Waals surface area contributed by atoms with Crippen LogP contribution in [0.3, 0.4) is 0 Å². The quantitative estimate of drug-likeness (QED) is 0.472. The maximum Gasteiger partial charge on any atom is 0.272 e. The number of hydrogen-bond acceptors (Lipinski definition) is 4. The number of para-hydroxylation sites is 3. The minimum Gasteiger partial charge on any atom is -0.496 e. The van der Waals surface area contributed by atoms with E-state index >= 15 is 0 Å². The molecule has 0 aliphatic carbocycles. The van der Waals surface area contributed by atoms with E-state index < -0.39 is 11.8 Å². The van der Waals surface area contributed by atoms with E-state index in [0.29, 0.717) is 22.7 Å². The second-order valence-corrected chi connectivity index (χ2v) is 7.33. The predicted octanol–water partition coefficient (Wildman–Crippen LogP) is 4.88. The number of benzene rings is 3. The normalized spacial score (nSPS) is 10.9. The van der Waals surface area contributed by atoms with Gasteiger partial charge in [0.05, 0.1) is 25.5 Å². The number of amides is 2. The van der Waals surface area contributed by atoms with Crippen molar-refractivity contribution in [2.75, 3.05) is 19.5 Å². The molecule has 0 saturated carbocycles. The molecule has 2 N–H and O–H groups in total. The Bertz CT molecular complexity index is 1110. The zero-order valence-corrected chi connectivity index (χ0v) is 18.6. The molecule has 0 radical (unpaired) electrons. The van der Waals surface area contributed by atoms with E-state index in [4.69, 9.17) is 9.47 Å². The second-order valence-electron chi connectivity index (χ2n) is 6.42. The maximum absolute atomic E-state index is 13.1. The average Bonchev–Trinajstić information content (AvgIpc) is 2.80. The van der Waals surface area contributed by atoms with Gasteiger partial charge in [0.15, 0.2) is 0 Å². The van der Waals surface area contributed by atoms with Crippen LogP contribution in [0.4, 0.5) is 5.69 Å². The van der Waals surface area contributed by atoms with E-state index in [2.05, 4.69) is 26.6 Å². The molecule has 0 aliphatic heterocycles. The summed E-state index contributed by atoms with van der Waals surface area (Å²) in [7, 11) is 3.01. The molecule has 31 heavy (non-hydrogen) atoms. The predicted molar refractivity (Wildman–Crippen MR) is 124 cm³/mol. The number of rotatable bonds is 7. The summed E-state index contributed by atoms with van der Waals surface area (Å²) in [4.78, 5) is 26.0. The number of carbonyl (C=O) groups is 2. The summed E-state index contributed by atoms with van der Waals surface area (Å²) >= 11 is 3.39. The van der Waals surface area contributed by atoms with Crippen molar-refractivity contribution in [2.45, 2.75) is 0 Å². The molecule has 0 fully saturated rings. The molecule has 0 heterocycles. The van der Waals surface area contributed by atoms with Crippen molar-refractivity contribution >= 4 is 39.5 Å². The summed E-state index contributed by atoms with van der Waals surface area (Å²) in [5.41, 5.74) is 1.62. The summed E-state index contributed by atoms with van der Waals surface area (Å²) in [6, 6.07) is 21.2. The largest absolute Gasteiger partial charge is 0.496 e. The number of carbonyl (C=O) groups excluding carboxylic acids is 2. The molecule has 3 aromatic rings. The molecular formula is C24H21BrN2O4. The lowest BCUT2D eigenvalue weighted by atomic mass is 10.1. The van der Waals surface area contributed by atoms with Crippen molar-refractivity contribution in [3.8, 4) is 11.5 Å². The average molecular weight is 481 g/mol. The monoisotopic (exact) mass is 480 g/mol. The maximum atomic E-state index is 13.1. The fourth-order valence-electron chi connectivity index (χ4n) is 2.84. The summed E-state index contributed by atoms with van der Waals surface area (Å²) in [6.07, 6.45) is 1.60. The Morgan fingerprint density at radius 1 is 0.839 bits per heavy atom. The van der Waals surface area contributed by atoms with Gasteiger partial charge < -0.3 is 20.1 Å². The molecule has 0 aromatic heterocycles. The van der Waals surface area contributed by atoms with Gasteiger partial charge in [-0.25, -0.2) is 0 Å². The lowest BCUT2D eigenvalue weighted by Crippen LogP contribution is -2.31. The third-order valence-electron chi connectivity index (χ3n) is 4.38. The topological polar surface area (TPSA) is 76.7 Å². The molecule has 158 valence electrons. The van der Waals surface area contributed by atoms with E-state index in [1.807, 2.05) is 24.3 Å². The zero-order chi connectivity index (χ0) is 22.2. The van der Waals surface area contributed by atoms with Crippen molar-refractivity contribution in [3.05, 3.63) is 94.1 Å². The molecule has 2 amide bonds. The van der Waals surface area contributed by atoms with Crippen LogP contribution in [0.1, 0.15) is 15.9 Å². The van der Waals surface area contributed by atoms with Gasteiger partial charge in [-0.15, -0.1) is 0 Å². The van der Waals surface area contributed by atoms with Crippen LogP contribution < -0.4 is 20.1 Å². The Morgan fingerprint density at radius 3 is 2.13 bits per heavy atom. The van der Waals surface area contributed by atoms with Crippen molar-refractivity contribution < 1.29 is 19.1 Å². The smallest absolute Gasteiger partial charge is 0.272 e. The number of methoxy groups -OCH3 is 2. The van der Waals surface area contributed by atoms with Crippen LogP contribution in [0.25, 0.3) is 6.08 Å². The van der Waals surface area contributed by atoms with Crippen molar-refractivity contribution in [3.63, 3.8) is 0 Å².